The first-order chi connectivity index (χ1) is 14.9. The van der Waals surface area contributed by atoms with Crippen LogP contribution in [0.4, 0.5) is 10.7 Å². The largest absolute Gasteiger partial charge is 0.369 e. The fourth-order valence-electron chi connectivity index (χ4n) is 3.02. The normalized spacial score (nSPS) is 23.2. The molecule has 0 bridgehead atoms. The summed E-state index contributed by atoms with van der Waals surface area (Å²) in [5, 5.41) is 5.19. The molecule has 0 aliphatic carbocycles. The number of anilines is 1. The number of carbonyl (C=O) groups excluding carboxylic acids is 3. The van der Waals surface area contributed by atoms with E-state index in [2.05, 4.69) is 9.68 Å². The van der Waals surface area contributed by atoms with Crippen LogP contribution in [-0.4, -0.2) is 66.4 Å². The molecule has 2 aliphatic rings. The van der Waals surface area contributed by atoms with E-state index in [4.69, 9.17) is 20.8 Å². The van der Waals surface area contributed by atoms with E-state index in [-0.39, 0.29) is 18.8 Å². The van der Waals surface area contributed by atoms with Crippen molar-refractivity contribution in [2.75, 3.05) is 18.4 Å². The van der Waals surface area contributed by atoms with Crippen LogP contribution in [0.5, 0.6) is 0 Å². The van der Waals surface area contributed by atoms with Crippen molar-refractivity contribution in [3.63, 3.8) is 0 Å². The average molecular weight is 491 g/mol. The molecule has 1 aromatic rings. The molecular weight excluding hydrogens is 468 g/mol. The second kappa shape index (κ2) is 8.85. The van der Waals surface area contributed by atoms with Crippen LogP contribution in [-0.2, 0) is 35.3 Å². The maximum atomic E-state index is 12.7. The summed E-state index contributed by atoms with van der Waals surface area (Å²) in [7, 11) is -4.03. The molecule has 17 heteroatoms. The Kier molecular flexibility index (Phi) is 6.54. The number of primary amides is 1. The Morgan fingerprint density at radius 1 is 1.44 bits per heavy atom. The van der Waals surface area contributed by atoms with Gasteiger partial charge in [0, 0.05) is 16.7 Å². The first-order valence-corrected chi connectivity index (χ1v) is 11.8. The zero-order valence-electron chi connectivity index (χ0n) is 17.3. The number of aryl methyl sites for hydroxylation is 1. The number of nitrogens with two attached hydrogens (primary N) is 2. The minimum Gasteiger partial charge on any atom is -0.369 e. The molecule has 3 rings (SSSR count). The van der Waals surface area contributed by atoms with Gasteiger partial charge in [0.1, 0.15) is 11.5 Å². The first-order valence-electron chi connectivity index (χ1n) is 9.03. The van der Waals surface area contributed by atoms with Gasteiger partial charge >= 0.3 is 16.2 Å². The van der Waals surface area contributed by atoms with Crippen LogP contribution in [0.2, 0.25) is 0 Å². The SMILES string of the molecule is CO/N=S1/C=C(CC(N)=O)N(C2CN(C(=O)NS(=O)(=O)Nc3onc(C)c3C)C2=O)C1N. The number of rotatable bonds is 7. The number of nitrogens with one attached hydrogen (secondary N) is 2. The third-order valence-corrected chi connectivity index (χ3v) is 7.17. The van der Waals surface area contributed by atoms with Crippen LogP contribution >= 0.6 is 0 Å². The monoisotopic (exact) mass is 490 g/mol. The predicted octanol–water partition coefficient (Wildman–Crippen LogP) is -1.49. The predicted molar refractivity (Wildman–Crippen MR) is 111 cm³/mol. The van der Waals surface area contributed by atoms with Crippen molar-refractivity contribution in [2.24, 2.45) is 16.0 Å². The highest BCUT2D eigenvalue weighted by Gasteiger charge is 2.49. The van der Waals surface area contributed by atoms with E-state index in [9.17, 15) is 22.8 Å². The molecule has 1 fully saturated rings. The summed E-state index contributed by atoms with van der Waals surface area (Å²) in [4.78, 5) is 43.3. The molecule has 3 atom stereocenters. The summed E-state index contributed by atoms with van der Waals surface area (Å²) in [6, 6.07) is -2.07. The molecule has 1 aromatic heterocycles. The van der Waals surface area contributed by atoms with Gasteiger partial charge in [-0.1, -0.05) is 5.16 Å². The number of nitrogens with zero attached hydrogens (tertiary/aromatic N) is 4. The summed E-state index contributed by atoms with van der Waals surface area (Å²) < 4.78 is 36.9. The molecule has 0 radical (unpaired) electrons. The highest BCUT2D eigenvalue weighted by atomic mass is 32.2. The van der Waals surface area contributed by atoms with Gasteiger partial charge < -0.3 is 20.9 Å². The molecular formula is C15H22N8O7S2. The van der Waals surface area contributed by atoms with Crippen LogP contribution in [0.1, 0.15) is 17.7 Å². The van der Waals surface area contributed by atoms with Crippen molar-refractivity contribution < 1.29 is 32.2 Å². The summed E-state index contributed by atoms with van der Waals surface area (Å²) in [6.45, 7) is 3.02. The van der Waals surface area contributed by atoms with Crippen LogP contribution < -0.4 is 20.9 Å². The lowest BCUT2D eigenvalue weighted by Crippen LogP contribution is -2.69. The van der Waals surface area contributed by atoms with Crippen molar-refractivity contribution in [1.82, 2.24) is 19.7 Å². The van der Waals surface area contributed by atoms with Crippen LogP contribution in [0, 0.1) is 13.8 Å². The standard InChI is InChI=1S/C15H22N8O7S2/c1-7-8(2)18-30-12(7)19-32(27,28)20-15(26)22-5-10(13(22)25)23-9(4-11(16)24)6-31(14(23)17)21-29-3/h6,10,14,19H,4-5,17H2,1-3H3,(H2,16,24)(H,20,26). The van der Waals surface area contributed by atoms with Gasteiger partial charge in [-0.3, -0.25) is 14.5 Å². The second-order valence-corrected chi connectivity index (χ2v) is 9.83. The van der Waals surface area contributed by atoms with Gasteiger partial charge in [-0.15, -0.1) is 4.53 Å². The summed E-state index contributed by atoms with van der Waals surface area (Å²) in [6.07, 6.45) is -0.194. The van der Waals surface area contributed by atoms with Crippen molar-refractivity contribution in [1.29, 1.82) is 0 Å². The van der Waals surface area contributed by atoms with Crippen molar-refractivity contribution in [3.8, 4) is 0 Å². The number of aromatic nitrogens is 1. The molecule has 0 aromatic carbocycles. The second-order valence-electron chi connectivity index (χ2n) is 6.85. The maximum absolute atomic E-state index is 12.7. The van der Waals surface area contributed by atoms with E-state index in [1.54, 1.807) is 24.0 Å². The topological polar surface area (TPSA) is 216 Å². The summed E-state index contributed by atoms with van der Waals surface area (Å²) in [5.41, 5.74) is 11.9. The number of imide groups is 1. The fourth-order valence-corrected chi connectivity index (χ4v) is 5.28. The van der Waals surface area contributed by atoms with Gasteiger partial charge in [0.05, 0.1) is 25.8 Å². The van der Waals surface area contributed by atoms with E-state index in [1.807, 2.05) is 4.72 Å². The van der Waals surface area contributed by atoms with E-state index >= 15 is 0 Å². The van der Waals surface area contributed by atoms with E-state index < -0.39 is 50.3 Å². The first kappa shape index (κ1) is 23.6. The molecule has 0 saturated carbocycles. The van der Waals surface area contributed by atoms with Crippen LogP contribution in [0.25, 0.3) is 0 Å². The molecule has 176 valence electrons. The van der Waals surface area contributed by atoms with Crippen molar-refractivity contribution in [2.45, 2.75) is 31.8 Å². The fraction of sp³-hybridized carbons (Fsp3) is 0.467. The molecule has 3 unspecified atom stereocenters. The number of amides is 4. The zero-order valence-corrected chi connectivity index (χ0v) is 18.9. The Morgan fingerprint density at radius 2 is 2.12 bits per heavy atom. The highest BCUT2D eigenvalue weighted by Crippen LogP contribution is 2.31. The quantitative estimate of drug-likeness (QED) is 0.256. The molecule has 15 nitrogen and oxygen atoms in total. The number of likely N-dealkylation sites (tertiary alicyclic amines) is 1. The Balaban J connectivity index is 1.68. The molecule has 6 N–H and O–H groups in total. The minimum atomic E-state index is -4.40. The molecule has 1 saturated heterocycles. The Hall–Kier alpha value is -3.02. The lowest BCUT2D eigenvalue weighted by atomic mass is 10.1. The molecule has 2 aliphatic heterocycles. The lowest BCUT2D eigenvalue weighted by molar-refractivity contribution is -0.144. The van der Waals surface area contributed by atoms with E-state index in [1.165, 1.54) is 12.0 Å². The number of hydrogen-bond acceptors (Lipinski definition) is 11. The molecule has 4 amide bonds. The van der Waals surface area contributed by atoms with Crippen LogP contribution in [0.15, 0.2) is 20.2 Å². The van der Waals surface area contributed by atoms with Gasteiger partial charge in [-0.05, 0) is 24.5 Å². The number of carbonyl (C=O) groups is 3. The highest BCUT2D eigenvalue weighted by molar-refractivity contribution is 7.91. The lowest BCUT2D eigenvalue weighted by Gasteiger charge is -2.44. The summed E-state index contributed by atoms with van der Waals surface area (Å²) in [5.74, 6) is -1.51. The third-order valence-electron chi connectivity index (χ3n) is 4.72. The summed E-state index contributed by atoms with van der Waals surface area (Å²) >= 11 is 0. The molecule has 0 spiro atoms. The average Bonchev–Trinajstić information content (AvgIpc) is 3.14. The maximum Gasteiger partial charge on any atom is 0.339 e. The number of β-lactam (4-membered cyclic amide) rings is 1. The van der Waals surface area contributed by atoms with Gasteiger partial charge in [0.25, 0.3) is 5.91 Å². The van der Waals surface area contributed by atoms with Gasteiger partial charge in [0.2, 0.25) is 11.8 Å². The number of urea groups is 1. The van der Waals surface area contributed by atoms with E-state index in [0.717, 1.165) is 0 Å². The molecule has 3 heterocycles. The number of hydrogen-bond donors (Lipinski definition) is 4. The minimum absolute atomic E-state index is 0.159. The van der Waals surface area contributed by atoms with Gasteiger partial charge in [-0.25, -0.2) is 19.1 Å². The zero-order chi connectivity index (χ0) is 23.8. The Bertz CT molecular complexity index is 1130. The van der Waals surface area contributed by atoms with Crippen LogP contribution in [0.3, 0.4) is 0 Å². The van der Waals surface area contributed by atoms with Gasteiger partial charge in [0.15, 0.2) is 0 Å². The Morgan fingerprint density at radius 3 is 2.66 bits per heavy atom. The van der Waals surface area contributed by atoms with Crippen molar-refractivity contribution >= 4 is 44.6 Å². The third kappa shape index (κ3) is 4.59. The molecule has 32 heavy (non-hydrogen) atoms. The van der Waals surface area contributed by atoms with Crippen molar-refractivity contribution in [3.05, 3.63) is 22.4 Å². The van der Waals surface area contributed by atoms with Gasteiger partial charge in [-0.2, -0.15) is 8.42 Å². The van der Waals surface area contributed by atoms with E-state index in [0.29, 0.717) is 21.9 Å². The Labute approximate surface area is 185 Å². The smallest absolute Gasteiger partial charge is 0.339 e.